The maximum absolute atomic E-state index is 11.9. The van der Waals surface area contributed by atoms with Crippen molar-refractivity contribution in [1.82, 2.24) is 0 Å². The molecular weight excluding hydrogens is 318 g/mol. The van der Waals surface area contributed by atoms with Gasteiger partial charge < -0.3 is 4.74 Å². The van der Waals surface area contributed by atoms with Gasteiger partial charge in [-0.05, 0) is 38.5 Å². The highest BCUT2D eigenvalue weighted by Gasteiger charge is 2.20. The minimum absolute atomic E-state index is 0.398. The molecular formula is C13H17BrClNO2. The molecule has 18 heavy (non-hydrogen) atoms. The molecule has 3 nitrogen and oxygen atoms in total. The third-order valence-electron chi connectivity index (χ3n) is 2.24. The lowest BCUT2D eigenvalue weighted by Gasteiger charge is -2.25. The van der Waals surface area contributed by atoms with Crippen molar-refractivity contribution in [2.45, 2.75) is 31.7 Å². The van der Waals surface area contributed by atoms with Crippen LogP contribution in [0.3, 0.4) is 0 Å². The molecule has 0 aliphatic carbocycles. The number of benzene rings is 1. The van der Waals surface area contributed by atoms with E-state index in [0.717, 1.165) is 5.56 Å². The maximum Gasteiger partial charge on any atom is 0.414 e. The average Bonchev–Trinajstić information content (AvgIpc) is 2.25. The van der Waals surface area contributed by atoms with Crippen LogP contribution in [0.5, 0.6) is 0 Å². The van der Waals surface area contributed by atoms with Crippen molar-refractivity contribution in [3.63, 3.8) is 0 Å². The summed E-state index contributed by atoms with van der Waals surface area (Å²) in [5.41, 5.74) is 1.18. The third kappa shape index (κ3) is 4.18. The number of alkyl halides is 1. The molecule has 1 amide bonds. The van der Waals surface area contributed by atoms with Crippen molar-refractivity contribution in [1.29, 1.82) is 0 Å². The molecule has 1 rings (SSSR count). The highest BCUT2D eigenvalue weighted by Crippen LogP contribution is 2.25. The molecule has 0 heterocycles. The molecule has 0 bridgehead atoms. The minimum Gasteiger partial charge on any atom is -0.443 e. The van der Waals surface area contributed by atoms with Gasteiger partial charge in [-0.3, -0.25) is 4.90 Å². The maximum atomic E-state index is 11.9. The molecule has 1 aromatic carbocycles. The number of halogens is 2. The largest absolute Gasteiger partial charge is 0.443 e. The van der Waals surface area contributed by atoms with E-state index >= 15 is 0 Å². The molecule has 0 aliphatic heterocycles. The van der Waals surface area contributed by atoms with Crippen molar-refractivity contribution in [2.75, 3.05) is 11.9 Å². The zero-order valence-corrected chi connectivity index (χ0v) is 13.3. The van der Waals surface area contributed by atoms with Crippen molar-refractivity contribution in [3.8, 4) is 0 Å². The Morgan fingerprint density at radius 3 is 2.50 bits per heavy atom. The number of amides is 1. The average molecular weight is 335 g/mol. The number of carbonyl (C=O) groups is 1. The van der Waals surface area contributed by atoms with E-state index in [4.69, 9.17) is 16.3 Å². The summed E-state index contributed by atoms with van der Waals surface area (Å²) in [7, 11) is 1.66. The van der Waals surface area contributed by atoms with Gasteiger partial charge in [0, 0.05) is 23.1 Å². The van der Waals surface area contributed by atoms with Gasteiger partial charge in [0.2, 0.25) is 0 Å². The summed E-state index contributed by atoms with van der Waals surface area (Å²) < 4.78 is 5.28. The van der Waals surface area contributed by atoms with Crippen LogP contribution in [0.15, 0.2) is 18.2 Å². The smallest absolute Gasteiger partial charge is 0.414 e. The Morgan fingerprint density at radius 2 is 2.06 bits per heavy atom. The van der Waals surface area contributed by atoms with Crippen LogP contribution < -0.4 is 4.90 Å². The van der Waals surface area contributed by atoms with E-state index in [1.54, 1.807) is 13.1 Å². The van der Waals surface area contributed by atoms with Gasteiger partial charge in [0.15, 0.2) is 0 Å². The molecule has 5 heteroatoms. The predicted octanol–water partition coefficient (Wildman–Crippen LogP) is 4.61. The van der Waals surface area contributed by atoms with Crippen molar-refractivity contribution in [2.24, 2.45) is 0 Å². The standard InChI is InChI=1S/C13H17BrClNO2/c1-13(2,3)18-12(17)16(4)10-6-5-9(8-14)11(15)7-10/h5-7H,8H2,1-4H3. The molecule has 0 unspecified atom stereocenters. The van der Waals surface area contributed by atoms with Crippen LogP contribution >= 0.6 is 27.5 Å². The van der Waals surface area contributed by atoms with E-state index in [-0.39, 0.29) is 0 Å². The molecule has 0 saturated carbocycles. The topological polar surface area (TPSA) is 29.5 Å². The Morgan fingerprint density at radius 1 is 1.44 bits per heavy atom. The Bertz CT molecular complexity index is 443. The van der Waals surface area contributed by atoms with E-state index < -0.39 is 11.7 Å². The second-order valence-electron chi connectivity index (χ2n) is 4.95. The van der Waals surface area contributed by atoms with Crippen LogP contribution in [0.1, 0.15) is 26.3 Å². The zero-order valence-electron chi connectivity index (χ0n) is 11.0. The van der Waals surface area contributed by atoms with Gasteiger partial charge in [-0.2, -0.15) is 0 Å². The highest BCUT2D eigenvalue weighted by molar-refractivity contribution is 9.08. The Balaban J connectivity index is 2.87. The summed E-state index contributed by atoms with van der Waals surface area (Å²) >= 11 is 9.45. The van der Waals surface area contributed by atoms with E-state index in [9.17, 15) is 4.79 Å². The summed E-state index contributed by atoms with van der Waals surface area (Å²) in [5.74, 6) is 0. The highest BCUT2D eigenvalue weighted by atomic mass is 79.9. The lowest BCUT2D eigenvalue weighted by molar-refractivity contribution is 0.0589. The van der Waals surface area contributed by atoms with E-state index in [1.807, 2.05) is 32.9 Å². The molecule has 100 valence electrons. The molecule has 0 spiro atoms. The summed E-state index contributed by atoms with van der Waals surface area (Å²) in [4.78, 5) is 13.3. The van der Waals surface area contributed by atoms with Gasteiger partial charge in [0.1, 0.15) is 5.60 Å². The number of nitrogens with zero attached hydrogens (tertiary/aromatic N) is 1. The first kappa shape index (κ1) is 15.3. The van der Waals surface area contributed by atoms with Crippen LogP contribution in [0.25, 0.3) is 0 Å². The lowest BCUT2D eigenvalue weighted by atomic mass is 10.2. The number of carbonyl (C=O) groups excluding carboxylic acids is 1. The fourth-order valence-corrected chi connectivity index (χ4v) is 2.18. The van der Waals surface area contributed by atoms with Crippen LogP contribution in [0, 0.1) is 0 Å². The summed E-state index contributed by atoms with van der Waals surface area (Å²) in [6.07, 6.45) is -0.398. The van der Waals surface area contributed by atoms with Gasteiger partial charge in [-0.15, -0.1) is 0 Å². The predicted molar refractivity (Wildman–Crippen MR) is 78.7 cm³/mol. The number of rotatable bonds is 2. The summed E-state index contributed by atoms with van der Waals surface area (Å²) in [5, 5.41) is 1.31. The van der Waals surface area contributed by atoms with Crippen LogP contribution in [-0.4, -0.2) is 18.7 Å². The SMILES string of the molecule is CN(C(=O)OC(C)(C)C)c1ccc(CBr)c(Cl)c1. The van der Waals surface area contributed by atoms with Gasteiger partial charge in [-0.25, -0.2) is 4.79 Å². The second kappa shape index (κ2) is 5.93. The molecule has 0 saturated heterocycles. The van der Waals surface area contributed by atoms with Crippen LogP contribution in [-0.2, 0) is 10.1 Å². The zero-order chi connectivity index (χ0) is 13.9. The molecule has 0 radical (unpaired) electrons. The van der Waals surface area contributed by atoms with E-state index in [1.165, 1.54) is 4.90 Å². The van der Waals surface area contributed by atoms with Gasteiger partial charge in [0.25, 0.3) is 0 Å². The summed E-state index contributed by atoms with van der Waals surface area (Å²) in [6.45, 7) is 5.50. The van der Waals surface area contributed by atoms with Crippen molar-refractivity contribution >= 4 is 39.3 Å². The van der Waals surface area contributed by atoms with E-state index in [0.29, 0.717) is 16.0 Å². The monoisotopic (exact) mass is 333 g/mol. The van der Waals surface area contributed by atoms with Crippen molar-refractivity contribution in [3.05, 3.63) is 28.8 Å². The molecule has 0 fully saturated rings. The first-order chi connectivity index (χ1) is 8.24. The molecule has 1 aromatic rings. The second-order valence-corrected chi connectivity index (χ2v) is 5.92. The van der Waals surface area contributed by atoms with Gasteiger partial charge >= 0.3 is 6.09 Å². The normalized spacial score (nSPS) is 11.2. The van der Waals surface area contributed by atoms with Gasteiger partial charge in [-0.1, -0.05) is 33.6 Å². The number of ether oxygens (including phenoxy) is 1. The lowest BCUT2D eigenvalue weighted by Crippen LogP contribution is -2.34. The van der Waals surface area contributed by atoms with Gasteiger partial charge in [0.05, 0.1) is 0 Å². The number of hydrogen-bond acceptors (Lipinski definition) is 2. The molecule has 0 atom stereocenters. The number of anilines is 1. The molecule has 0 N–H and O–H groups in total. The first-order valence-corrected chi connectivity index (χ1v) is 7.05. The minimum atomic E-state index is -0.509. The Labute approximate surface area is 121 Å². The summed E-state index contributed by atoms with van der Waals surface area (Å²) in [6, 6.07) is 5.47. The van der Waals surface area contributed by atoms with Crippen molar-refractivity contribution < 1.29 is 9.53 Å². The Kier molecular flexibility index (Phi) is 5.05. The third-order valence-corrected chi connectivity index (χ3v) is 3.19. The Hall–Kier alpha value is -0.740. The first-order valence-electron chi connectivity index (χ1n) is 5.55. The molecule has 0 aliphatic rings. The van der Waals surface area contributed by atoms with Crippen LogP contribution in [0.4, 0.5) is 10.5 Å². The fraction of sp³-hybridized carbons (Fsp3) is 0.462. The molecule has 0 aromatic heterocycles. The van der Waals surface area contributed by atoms with E-state index in [2.05, 4.69) is 15.9 Å². The quantitative estimate of drug-likeness (QED) is 0.739. The van der Waals surface area contributed by atoms with Crippen LogP contribution in [0.2, 0.25) is 5.02 Å². The fourth-order valence-electron chi connectivity index (χ4n) is 1.29. The number of hydrogen-bond donors (Lipinski definition) is 0.